The van der Waals surface area contributed by atoms with Crippen LogP contribution in [0.2, 0.25) is 0 Å². The number of benzene rings is 1. The van der Waals surface area contributed by atoms with Crippen molar-refractivity contribution in [2.45, 2.75) is 215 Å². The van der Waals surface area contributed by atoms with Gasteiger partial charge in [0.1, 0.15) is 34.4 Å². The van der Waals surface area contributed by atoms with E-state index < -0.39 is 76.3 Å². The van der Waals surface area contributed by atoms with Crippen LogP contribution in [0.4, 0.5) is 0 Å². The molecule has 1 aromatic carbocycles. The second-order valence-electron chi connectivity index (χ2n) is 20.1. The number of rotatable bonds is 23. The molecule has 1 saturated heterocycles. The number of amides is 1. The van der Waals surface area contributed by atoms with Gasteiger partial charge >= 0.3 is 17.9 Å². The molecule has 1 aromatic rings. The molecule has 2 rings (SSSR count). The summed E-state index contributed by atoms with van der Waals surface area (Å²) in [6, 6.07) is 6.08. The summed E-state index contributed by atoms with van der Waals surface area (Å²) in [5.74, 6) is -3.41. The van der Waals surface area contributed by atoms with Gasteiger partial charge in [0, 0.05) is 24.7 Å². The van der Waals surface area contributed by atoms with Crippen LogP contribution < -0.4 is 10.1 Å². The standard InChI is InChI=1S/C48H77NO10/c1-14-15-16-19-22-25-35(50)26-23-20-17-18-21-24-27-37(48(33-39(51)57-46(8,9)10)42(54)55-43(59-48)44(2,3)4)40(52)49-38(41(53)58-47(11,12)13)32-34-28-30-36(31-29-34)56-45(5,6)7/h24,27-31,37-38,43H,14-23,25-26,32-33H2,1-13H3,(H,49,52)/b27-24+/t37-,38+,43-,48+/m1/s1. The van der Waals surface area contributed by atoms with Gasteiger partial charge in [-0.25, -0.2) is 9.59 Å². The smallest absolute Gasteiger partial charge is 0.342 e. The van der Waals surface area contributed by atoms with Crippen molar-refractivity contribution in [3.05, 3.63) is 42.0 Å². The Kier molecular flexibility index (Phi) is 19.8. The minimum Gasteiger partial charge on any atom is -0.488 e. The quantitative estimate of drug-likeness (QED) is 0.0490. The Bertz CT molecular complexity index is 1540. The summed E-state index contributed by atoms with van der Waals surface area (Å²) in [5.41, 5.74) is -4.21. The van der Waals surface area contributed by atoms with E-state index in [-0.39, 0.29) is 6.42 Å². The van der Waals surface area contributed by atoms with Crippen molar-refractivity contribution in [3.63, 3.8) is 0 Å². The summed E-state index contributed by atoms with van der Waals surface area (Å²) in [6.45, 7) is 23.9. The minimum absolute atomic E-state index is 0.0726. The molecule has 1 aliphatic heterocycles. The van der Waals surface area contributed by atoms with Gasteiger partial charge in [0.2, 0.25) is 12.2 Å². The van der Waals surface area contributed by atoms with Crippen molar-refractivity contribution < 1.29 is 47.7 Å². The largest absolute Gasteiger partial charge is 0.488 e. The normalized spacial score (nSPS) is 18.6. The summed E-state index contributed by atoms with van der Waals surface area (Å²) >= 11 is 0. The van der Waals surface area contributed by atoms with Gasteiger partial charge < -0.3 is 29.0 Å². The summed E-state index contributed by atoms with van der Waals surface area (Å²) in [4.78, 5) is 68.5. The predicted molar refractivity (Wildman–Crippen MR) is 231 cm³/mol. The molecule has 0 aliphatic carbocycles. The van der Waals surface area contributed by atoms with Crippen LogP contribution in [0.5, 0.6) is 5.75 Å². The third-order valence-corrected chi connectivity index (χ3v) is 9.45. The molecule has 1 aliphatic rings. The molecule has 0 radical (unpaired) electrons. The van der Waals surface area contributed by atoms with Gasteiger partial charge in [-0.1, -0.05) is 90.5 Å². The molecule has 1 heterocycles. The molecular formula is C48H77NO10. The van der Waals surface area contributed by atoms with Crippen LogP contribution in [-0.4, -0.2) is 64.3 Å². The highest BCUT2D eigenvalue weighted by Gasteiger charge is 2.61. The Morgan fingerprint density at radius 3 is 1.83 bits per heavy atom. The highest BCUT2D eigenvalue weighted by Crippen LogP contribution is 2.42. The first-order valence-electron chi connectivity index (χ1n) is 21.8. The van der Waals surface area contributed by atoms with E-state index in [1.807, 2.05) is 53.7 Å². The van der Waals surface area contributed by atoms with E-state index in [4.69, 9.17) is 23.7 Å². The van der Waals surface area contributed by atoms with Crippen molar-refractivity contribution >= 4 is 29.6 Å². The van der Waals surface area contributed by atoms with E-state index in [1.165, 1.54) is 19.3 Å². The Balaban J connectivity index is 2.43. The maximum Gasteiger partial charge on any atom is 0.342 e. The molecule has 0 aromatic heterocycles. The molecule has 0 spiro atoms. The number of allylic oxidation sites excluding steroid dienone is 1. The summed E-state index contributed by atoms with van der Waals surface area (Å²) in [5, 5.41) is 2.87. The second kappa shape index (κ2) is 22.8. The number of unbranched alkanes of at least 4 members (excludes halogenated alkanes) is 8. The molecule has 0 saturated carbocycles. The lowest BCUT2D eigenvalue weighted by Gasteiger charge is -2.33. The average Bonchev–Trinajstić information content (AvgIpc) is 3.41. The van der Waals surface area contributed by atoms with Gasteiger partial charge in [0.15, 0.2) is 5.60 Å². The van der Waals surface area contributed by atoms with Gasteiger partial charge in [0.25, 0.3) is 0 Å². The van der Waals surface area contributed by atoms with Crippen molar-refractivity contribution in [3.8, 4) is 5.75 Å². The lowest BCUT2D eigenvalue weighted by atomic mass is 9.82. The Morgan fingerprint density at radius 1 is 0.763 bits per heavy atom. The van der Waals surface area contributed by atoms with Gasteiger partial charge in [-0.3, -0.25) is 14.4 Å². The number of hydrogen-bond donors (Lipinski definition) is 1. The number of cyclic esters (lactones) is 1. The van der Waals surface area contributed by atoms with E-state index >= 15 is 0 Å². The van der Waals surface area contributed by atoms with E-state index in [0.29, 0.717) is 30.8 Å². The first-order valence-corrected chi connectivity index (χ1v) is 21.8. The summed E-state index contributed by atoms with van der Waals surface area (Å²) in [6.07, 6.45) is 12.6. The van der Waals surface area contributed by atoms with Crippen molar-refractivity contribution in [2.75, 3.05) is 0 Å². The molecule has 0 unspecified atom stereocenters. The van der Waals surface area contributed by atoms with Gasteiger partial charge in [-0.05, 0) is 106 Å². The second-order valence-corrected chi connectivity index (χ2v) is 20.1. The number of nitrogens with one attached hydrogen (secondary N) is 1. The van der Waals surface area contributed by atoms with Crippen LogP contribution >= 0.6 is 0 Å². The fourth-order valence-electron chi connectivity index (χ4n) is 6.62. The maximum absolute atomic E-state index is 14.7. The lowest BCUT2D eigenvalue weighted by molar-refractivity contribution is -0.178. The summed E-state index contributed by atoms with van der Waals surface area (Å²) < 4.78 is 29.6. The van der Waals surface area contributed by atoms with Crippen LogP contribution in [0.3, 0.4) is 0 Å². The highest BCUT2D eigenvalue weighted by molar-refractivity contribution is 5.96. The number of carbonyl (C=O) groups excluding carboxylic acids is 5. The van der Waals surface area contributed by atoms with E-state index in [9.17, 15) is 24.0 Å². The molecular weight excluding hydrogens is 751 g/mol. The highest BCUT2D eigenvalue weighted by atomic mass is 16.8. The molecule has 11 nitrogen and oxygen atoms in total. The van der Waals surface area contributed by atoms with Gasteiger partial charge in [0.05, 0.1) is 12.3 Å². The number of esters is 3. The number of Topliss-reactive ketones (excluding diaryl/α,β-unsaturated/α-hetero) is 1. The van der Waals surface area contributed by atoms with Crippen LogP contribution in [0, 0.1) is 11.3 Å². The number of hydrogen-bond acceptors (Lipinski definition) is 10. The Morgan fingerprint density at radius 2 is 1.32 bits per heavy atom. The lowest BCUT2D eigenvalue weighted by Crippen LogP contribution is -2.55. The Labute approximate surface area is 355 Å². The topological polar surface area (TPSA) is 144 Å². The summed E-state index contributed by atoms with van der Waals surface area (Å²) in [7, 11) is 0. The molecule has 11 heteroatoms. The SMILES string of the molecule is CCCCCCCC(=O)CCCCCC/C=C/[C@H](C(=O)N[C@@H](Cc1ccc(OC(C)(C)C)cc1)C(=O)OC(C)(C)C)[C@]1(CC(=O)OC(C)(C)C)O[C@H](C(C)(C)C)OC1=O. The average molecular weight is 828 g/mol. The van der Waals surface area contributed by atoms with Gasteiger partial charge in [-0.15, -0.1) is 0 Å². The molecule has 1 fully saturated rings. The first-order chi connectivity index (χ1) is 27.2. The van der Waals surface area contributed by atoms with E-state index in [0.717, 1.165) is 44.1 Å². The molecule has 4 atom stereocenters. The number of ketones is 1. The van der Waals surface area contributed by atoms with Crippen LogP contribution in [0.25, 0.3) is 0 Å². The zero-order valence-corrected chi connectivity index (χ0v) is 38.7. The molecule has 1 N–H and O–H groups in total. The van der Waals surface area contributed by atoms with E-state index in [1.54, 1.807) is 65.8 Å². The zero-order valence-electron chi connectivity index (χ0n) is 38.7. The molecule has 334 valence electrons. The monoisotopic (exact) mass is 828 g/mol. The van der Waals surface area contributed by atoms with Gasteiger partial charge in [-0.2, -0.15) is 0 Å². The first kappa shape index (κ1) is 51.4. The van der Waals surface area contributed by atoms with Crippen LogP contribution in [0.15, 0.2) is 36.4 Å². The number of carbonyl (C=O) groups is 5. The van der Waals surface area contributed by atoms with Crippen molar-refractivity contribution in [1.82, 2.24) is 5.32 Å². The van der Waals surface area contributed by atoms with E-state index in [2.05, 4.69) is 12.2 Å². The predicted octanol–water partition coefficient (Wildman–Crippen LogP) is 10.1. The Hall–Kier alpha value is -3.73. The fourth-order valence-corrected chi connectivity index (χ4v) is 6.62. The van der Waals surface area contributed by atoms with Crippen molar-refractivity contribution in [2.24, 2.45) is 11.3 Å². The fraction of sp³-hybridized carbons (Fsp3) is 0.729. The third kappa shape index (κ3) is 19.5. The zero-order chi connectivity index (χ0) is 44.7. The minimum atomic E-state index is -2.10. The number of ether oxygens (including phenoxy) is 5. The maximum atomic E-state index is 14.7. The molecule has 59 heavy (non-hydrogen) atoms. The van der Waals surface area contributed by atoms with Crippen LogP contribution in [-0.2, 0) is 49.3 Å². The molecule has 0 bridgehead atoms. The van der Waals surface area contributed by atoms with Crippen LogP contribution in [0.1, 0.15) is 179 Å². The third-order valence-electron chi connectivity index (χ3n) is 9.45. The molecule has 1 amide bonds. The van der Waals surface area contributed by atoms with Crippen molar-refractivity contribution in [1.29, 1.82) is 0 Å².